The molecule has 1 aromatic rings. The minimum absolute atomic E-state index is 0.0578. The van der Waals surface area contributed by atoms with Gasteiger partial charge < -0.3 is 5.21 Å². The van der Waals surface area contributed by atoms with Crippen LogP contribution in [0.5, 0.6) is 0 Å². The second-order valence-electron chi connectivity index (χ2n) is 2.71. The fourth-order valence-corrected chi connectivity index (χ4v) is 1.02. The van der Waals surface area contributed by atoms with Gasteiger partial charge in [0.25, 0.3) is 0 Å². The van der Waals surface area contributed by atoms with Gasteiger partial charge in [-0.25, -0.2) is 5.21 Å². The summed E-state index contributed by atoms with van der Waals surface area (Å²) in [6.07, 6.45) is 1.34. The maximum Gasteiger partial charge on any atom is 0.164 e. The third-order valence-corrected chi connectivity index (χ3v) is 1.69. The second kappa shape index (κ2) is 4.89. The summed E-state index contributed by atoms with van der Waals surface area (Å²) < 4.78 is 0. The Balaban J connectivity index is 3.08. The van der Waals surface area contributed by atoms with Gasteiger partial charge in [-0.1, -0.05) is 12.1 Å². The molecule has 2 N–H and O–H groups in total. The number of hydrogen-bond donors (Lipinski definition) is 2. The van der Waals surface area contributed by atoms with Crippen molar-refractivity contribution in [1.29, 1.82) is 10.5 Å². The minimum Gasteiger partial charge on any atom is -0.595 e. The SMILES string of the molecule is N#CC(C#N)=Cc1cccc([NH+]([O-])O)c1. The number of benzene rings is 1. The van der Waals surface area contributed by atoms with Crippen LogP contribution in [0.2, 0.25) is 0 Å². The van der Waals surface area contributed by atoms with Crippen LogP contribution >= 0.6 is 0 Å². The molecule has 0 aliphatic rings. The van der Waals surface area contributed by atoms with Crippen LogP contribution in [0.3, 0.4) is 0 Å². The van der Waals surface area contributed by atoms with E-state index in [2.05, 4.69) is 0 Å². The minimum atomic E-state index is -1.04. The van der Waals surface area contributed by atoms with E-state index in [0.29, 0.717) is 5.56 Å². The molecule has 5 nitrogen and oxygen atoms in total. The molecule has 1 unspecified atom stereocenters. The molecule has 0 aliphatic carbocycles. The van der Waals surface area contributed by atoms with E-state index >= 15 is 0 Å². The summed E-state index contributed by atoms with van der Waals surface area (Å²) in [5.74, 6) is 0. The molecule has 0 saturated carbocycles. The molecule has 0 radical (unpaired) electrons. The second-order valence-corrected chi connectivity index (χ2v) is 2.71. The molecule has 0 fully saturated rings. The summed E-state index contributed by atoms with van der Waals surface area (Å²) in [5.41, 5.74) is 0.588. The van der Waals surface area contributed by atoms with Gasteiger partial charge in [-0.2, -0.15) is 15.8 Å². The van der Waals surface area contributed by atoms with Crippen LogP contribution in [-0.4, -0.2) is 5.21 Å². The average Bonchev–Trinajstić information content (AvgIpc) is 2.26. The Morgan fingerprint density at radius 3 is 2.60 bits per heavy atom. The van der Waals surface area contributed by atoms with Crippen LogP contribution in [0.4, 0.5) is 5.69 Å². The lowest BCUT2D eigenvalue weighted by Crippen LogP contribution is -2.99. The van der Waals surface area contributed by atoms with Crippen molar-refractivity contribution in [3.63, 3.8) is 0 Å². The van der Waals surface area contributed by atoms with E-state index < -0.39 is 5.23 Å². The third-order valence-electron chi connectivity index (χ3n) is 1.69. The van der Waals surface area contributed by atoms with Crippen LogP contribution in [-0.2, 0) is 0 Å². The maximum absolute atomic E-state index is 10.6. The highest BCUT2D eigenvalue weighted by Gasteiger charge is 2.00. The molecule has 1 aromatic carbocycles. The number of nitrogens with one attached hydrogen (secondary N) is 1. The van der Waals surface area contributed by atoms with Gasteiger partial charge in [0.15, 0.2) is 5.69 Å². The summed E-state index contributed by atoms with van der Waals surface area (Å²) in [5, 5.41) is 35.3. The quantitative estimate of drug-likeness (QED) is 0.538. The topological polar surface area (TPSA) is 95.3 Å². The molecule has 1 rings (SSSR count). The highest BCUT2D eigenvalue weighted by Crippen LogP contribution is 2.10. The van der Waals surface area contributed by atoms with Crippen molar-refractivity contribution in [2.75, 3.05) is 0 Å². The molecule has 15 heavy (non-hydrogen) atoms. The number of rotatable bonds is 2. The van der Waals surface area contributed by atoms with Crippen molar-refractivity contribution in [3.05, 3.63) is 40.6 Å². The van der Waals surface area contributed by atoms with Crippen LogP contribution in [0.25, 0.3) is 6.08 Å². The molecule has 0 aromatic heterocycles. The van der Waals surface area contributed by atoms with Gasteiger partial charge >= 0.3 is 0 Å². The van der Waals surface area contributed by atoms with Gasteiger partial charge in [0.1, 0.15) is 17.7 Å². The Morgan fingerprint density at radius 1 is 1.40 bits per heavy atom. The average molecular weight is 201 g/mol. The van der Waals surface area contributed by atoms with Gasteiger partial charge in [0, 0.05) is 12.1 Å². The van der Waals surface area contributed by atoms with E-state index in [1.165, 1.54) is 18.2 Å². The molecule has 0 bridgehead atoms. The predicted molar refractivity (Wildman–Crippen MR) is 51.4 cm³/mol. The zero-order valence-corrected chi connectivity index (χ0v) is 7.64. The van der Waals surface area contributed by atoms with E-state index in [9.17, 15) is 5.21 Å². The molecule has 0 aliphatic heterocycles. The van der Waals surface area contributed by atoms with Gasteiger partial charge in [0.2, 0.25) is 0 Å². The normalized spacial score (nSPS) is 10.9. The van der Waals surface area contributed by atoms with Crippen LogP contribution < -0.4 is 5.23 Å². The molecular formula is C10H7N3O2. The maximum atomic E-state index is 10.6. The fourth-order valence-electron chi connectivity index (χ4n) is 1.02. The van der Waals surface area contributed by atoms with E-state index in [1.54, 1.807) is 24.3 Å². The lowest BCUT2D eigenvalue weighted by Gasteiger charge is -2.11. The summed E-state index contributed by atoms with van der Waals surface area (Å²) >= 11 is 0. The summed E-state index contributed by atoms with van der Waals surface area (Å²) in [7, 11) is 0. The van der Waals surface area contributed by atoms with Crippen LogP contribution in [0, 0.1) is 27.9 Å². The van der Waals surface area contributed by atoms with Crippen molar-refractivity contribution in [2.45, 2.75) is 0 Å². The molecule has 1 atom stereocenters. The number of allylic oxidation sites excluding steroid dienone is 1. The van der Waals surface area contributed by atoms with E-state index in [4.69, 9.17) is 15.7 Å². The Hall–Kier alpha value is -2.18. The van der Waals surface area contributed by atoms with Gasteiger partial charge in [0.05, 0.1) is 0 Å². The highest BCUT2D eigenvalue weighted by molar-refractivity contribution is 5.63. The largest absolute Gasteiger partial charge is 0.595 e. The van der Waals surface area contributed by atoms with E-state index in [-0.39, 0.29) is 11.3 Å². The summed E-state index contributed by atoms with van der Waals surface area (Å²) in [4.78, 5) is 0. The Bertz CT molecular complexity index is 450. The van der Waals surface area contributed by atoms with Gasteiger partial charge in [-0.15, -0.1) is 0 Å². The Morgan fingerprint density at radius 2 is 2.07 bits per heavy atom. The van der Waals surface area contributed by atoms with Crippen molar-refractivity contribution < 1.29 is 10.4 Å². The summed E-state index contributed by atoms with van der Waals surface area (Å²) in [6.45, 7) is 0. The number of hydrogen-bond acceptors (Lipinski definition) is 4. The van der Waals surface area contributed by atoms with E-state index in [1.807, 2.05) is 0 Å². The van der Waals surface area contributed by atoms with E-state index in [0.717, 1.165) is 0 Å². The number of quaternary nitrogens is 1. The molecule has 0 heterocycles. The molecule has 5 heteroatoms. The van der Waals surface area contributed by atoms with Crippen molar-refractivity contribution in [1.82, 2.24) is 0 Å². The smallest absolute Gasteiger partial charge is 0.164 e. The first-order chi connectivity index (χ1) is 7.17. The van der Waals surface area contributed by atoms with Crippen molar-refractivity contribution in [3.8, 4) is 12.1 Å². The Kier molecular flexibility index (Phi) is 3.55. The highest BCUT2D eigenvalue weighted by atomic mass is 16.8. The Labute approximate surface area is 86.2 Å². The predicted octanol–water partition coefficient (Wildman–Crippen LogP) is 0.521. The first-order valence-electron chi connectivity index (χ1n) is 4.02. The third kappa shape index (κ3) is 2.90. The van der Waals surface area contributed by atoms with Crippen LogP contribution in [0.1, 0.15) is 5.56 Å². The van der Waals surface area contributed by atoms with Gasteiger partial charge in [-0.3, -0.25) is 0 Å². The fraction of sp³-hybridized carbons (Fsp3) is 0. The lowest BCUT2D eigenvalue weighted by atomic mass is 10.1. The number of nitrogens with zero attached hydrogens (tertiary/aromatic N) is 2. The zero-order valence-electron chi connectivity index (χ0n) is 7.64. The van der Waals surface area contributed by atoms with Gasteiger partial charge in [-0.05, 0) is 11.6 Å². The van der Waals surface area contributed by atoms with Crippen LogP contribution in [0.15, 0.2) is 29.8 Å². The first-order valence-corrected chi connectivity index (χ1v) is 4.02. The molecule has 74 valence electrons. The number of nitriles is 2. The standard InChI is InChI=1S/C10H7N3O2/c11-6-9(7-12)4-8-2-1-3-10(5-8)13(14)15/h1-5,13-14H. The lowest BCUT2D eigenvalue weighted by molar-refractivity contribution is -0.991. The zero-order chi connectivity index (χ0) is 11.3. The summed E-state index contributed by atoms with van der Waals surface area (Å²) in [6, 6.07) is 9.43. The monoisotopic (exact) mass is 201 g/mol. The molecule has 0 amide bonds. The molecule has 0 saturated heterocycles. The van der Waals surface area contributed by atoms with Crippen molar-refractivity contribution >= 4 is 11.8 Å². The van der Waals surface area contributed by atoms with Crippen molar-refractivity contribution in [2.24, 2.45) is 0 Å². The molecule has 0 spiro atoms. The first kappa shape index (κ1) is 10.9. The molecular weight excluding hydrogens is 194 g/mol.